The highest BCUT2D eigenvalue weighted by atomic mass is 16.2. The molecule has 0 N–H and O–H groups in total. The topological polar surface area (TPSA) is 43.9 Å². The van der Waals surface area contributed by atoms with Gasteiger partial charge in [-0.3, -0.25) is 9.59 Å². The Balaban J connectivity index is 1.32. The van der Waals surface area contributed by atoms with Gasteiger partial charge in [0.15, 0.2) is 0 Å². The zero-order valence-electron chi connectivity index (χ0n) is 16.9. The number of amides is 2. The second-order valence-corrected chi connectivity index (χ2v) is 10.3. The third-order valence-electron chi connectivity index (χ3n) is 8.32. The zero-order chi connectivity index (χ0) is 18.6. The molecule has 0 spiro atoms. The molecule has 2 aliphatic heterocycles. The van der Waals surface area contributed by atoms with Crippen molar-refractivity contribution in [3.8, 4) is 0 Å². The summed E-state index contributed by atoms with van der Waals surface area (Å²) >= 11 is 0. The summed E-state index contributed by atoms with van der Waals surface area (Å²) < 4.78 is 0. The molecule has 6 rings (SSSR count). The number of hydrogen-bond donors (Lipinski definition) is 0. The summed E-state index contributed by atoms with van der Waals surface area (Å²) in [6.45, 7) is 4.46. The normalized spacial score (nSPS) is 41.8. The van der Waals surface area contributed by atoms with E-state index in [1.165, 1.54) is 19.3 Å². The highest BCUT2D eigenvalue weighted by Crippen LogP contribution is 2.60. The highest BCUT2D eigenvalue weighted by Gasteiger charge is 2.57. The van der Waals surface area contributed by atoms with E-state index in [9.17, 15) is 9.59 Å². The smallest absolute Gasteiger partial charge is 0.245 e. The Morgan fingerprint density at radius 3 is 2.15 bits per heavy atom. The highest BCUT2D eigenvalue weighted by molar-refractivity contribution is 5.91. The lowest BCUT2D eigenvalue weighted by Gasteiger charge is -2.56. The zero-order valence-corrected chi connectivity index (χ0v) is 16.9. The van der Waals surface area contributed by atoms with E-state index < -0.39 is 0 Å². The second-order valence-electron chi connectivity index (χ2n) is 10.3. The second kappa shape index (κ2) is 6.75. The molecule has 27 heavy (non-hydrogen) atoms. The van der Waals surface area contributed by atoms with Crippen molar-refractivity contribution in [1.29, 1.82) is 0 Å². The first-order valence-corrected chi connectivity index (χ1v) is 11.3. The number of nitrogens with zero attached hydrogens (tertiary/aromatic N) is 3. The SMILES string of the molecule is CN1CCCN(C(=O)C2CCCN2C(=O)C23CC4CC(CC(C4)C2)C3)CC1. The molecule has 150 valence electrons. The summed E-state index contributed by atoms with van der Waals surface area (Å²) in [5.41, 5.74) is -0.114. The molecule has 2 heterocycles. The molecule has 1 atom stereocenters. The Bertz CT molecular complexity index is 583. The van der Waals surface area contributed by atoms with Crippen LogP contribution in [0.4, 0.5) is 0 Å². The van der Waals surface area contributed by atoms with E-state index in [-0.39, 0.29) is 17.4 Å². The Morgan fingerprint density at radius 1 is 0.815 bits per heavy atom. The van der Waals surface area contributed by atoms with E-state index in [2.05, 4.69) is 11.9 Å². The monoisotopic (exact) mass is 373 g/mol. The van der Waals surface area contributed by atoms with Crippen LogP contribution in [0.5, 0.6) is 0 Å². The van der Waals surface area contributed by atoms with E-state index in [1.807, 2.05) is 9.80 Å². The molecule has 5 heteroatoms. The van der Waals surface area contributed by atoms with Gasteiger partial charge < -0.3 is 14.7 Å². The van der Waals surface area contributed by atoms with E-state index >= 15 is 0 Å². The first kappa shape index (κ1) is 18.0. The molecule has 2 amide bonds. The van der Waals surface area contributed by atoms with Crippen molar-refractivity contribution in [3.63, 3.8) is 0 Å². The molecule has 2 saturated heterocycles. The predicted molar refractivity (Wildman–Crippen MR) is 104 cm³/mol. The van der Waals surface area contributed by atoms with Crippen LogP contribution in [0, 0.1) is 23.2 Å². The molecule has 0 aromatic rings. The molecule has 0 radical (unpaired) electrons. The third kappa shape index (κ3) is 3.10. The summed E-state index contributed by atoms with van der Waals surface area (Å²) in [6.07, 6.45) is 10.3. The minimum Gasteiger partial charge on any atom is -0.340 e. The maximum Gasteiger partial charge on any atom is 0.245 e. The van der Waals surface area contributed by atoms with Crippen LogP contribution in [0.1, 0.15) is 57.8 Å². The molecular weight excluding hydrogens is 338 g/mol. The summed E-state index contributed by atoms with van der Waals surface area (Å²) in [4.78, 5) is 33.5. The van der Waals surface area contributed by atoms with Gasteiger partial charge in [-0.1, -0.05) is 0 Å². The molecule has 0 aromatic heterocycles. The molecule has 5 nitrogen and oxygen atoms in total. The van der Waals surface area contributed by atoms with Gasteiger partial charge >= 0.3 is 0 Å². The summed E-state index contributed by atoms with van der Waals surface area (Å²) in [5, 5.41) is 0. The molecule has 0 aromatic carbocycles. The number of carbonyl (C=O) groups is 2. The van der Waals surface area contributed by atoms with Gasteiger partial charge in [-0.25, -0.2) is 0 Å². The molecule has 4 bridgehead atoms. The fourth-order valence-electron chi connectivity index (χ4n) is 7.42. The van der Waals surface area contributed by atoms with Gasteiger partial charge in [0, 0.05) is 26.2 Å². The molecule has 6 fully saturated rings. The molecule has 4 aliphatic carbocycles. The van der Waals surface area contributed by atoms with Crippen LogP contribution >= 0.6 is 0 Å². The van der Waals surface area contributed by atoms with Crippen molar-refractivity contribution >= 4 is 11.8 Å². The number of likely N-dealkylation sites (tertiary alicyclic amines) is 1. The lowest BCUT2D eigenvalue weighted by atomic mass is 9.49. The standard InChI is InChI=1S/C22H35N3O2/c1-23-5-3-6-24(9-8-23)20(26)19-4-2-7-25(19)21(27)22-13-16-10-17(14-22)12-18(11-16)15-22/h16-19H,2-15H2,1H3. The largest absolute Gasteiger partial charge is 0.340 e. The maximum atomic E-state index is 13.8. The Kier molecular flexibility index (Phi) is 4.49. The van der Waals surface area contributed by atoms with Gasteiger partial charge in [-0.05, 0) is 89.1 Å². The molecule has 4 saturated carbocycles. The van der Waals surface area contributed by atoms with E-state index in [4.69, 9.17) is 0 Å². The van der Waals surface area contributed by atoms with Crippen LogP contribution in [0.2, 0.25) is 0 Å². The van der Waals surface area contributed by atoms with Crippen molar-refractivity contribution in [3.05, 3.63) is 0 Å². The van der Waals surface area contributed by atoms with E-state index in [0.717, 1.165) is 89.0 Å². The summed E-state index contributed by atoms with van der Waals surface area (Å²) in [6, 6.07) is -0.186. The van der Waals surface area contributed by atoms with Gasteiger partial charge in [0.25, 0.3) is 0 Å². The Hall–Kier alpha value is -1.10. The van der Waals surface area contributed by atoms with Gasteiger partial charge in [-0.2, -0.15) is 0 Å². The van der Waals surface area contributed by atoms with Crippen LogP contribution in [0.15, 0.2) is 0 Å². The number of likely N-dealkylation sites (N-methyl/N-ethyl adjacent to an activating group) is 1. The van der Waals surface area contributed by atoms with Crippen molar-refractivity contribution in [1.82, 2.24) is 14.7 Å². The van der Waals surface area contributed by atoms with Crippen LogP contribution < -0.4 is 0 Å². The predicted octanol–water partition coefficient (Wildman–Crippen LogP) is 2.36. The van der Waals surface area contributed by atoms with Gasteiger partial charge in [0.05, 0.1) is 5.41 Å². The molecule has 6 aliphatic rings. The lowest BCUT2D eigenvalue weighted by Crippen LogP contribution is -2.57. The van der Waals surface area contributed by atoms with Crippen molar-refractivity contribution in [2.24, 2.45) is 23.2 Å². The first-order valence-electron chi connectivity index (χ1n) is 11.3. The van der Waals surface area contributed by atoms with E-state index in [1.54, 1.807) is 0 Å². The minimum absolute atomic E-state index is 0.114. The van der Waals surface area contributed by atoms with Crippen LogP contribution in [-0.4, -0.2) is 72.3 Å². The Labute approximate surface area is 163 Å². The Morgan fingerprint density at radius 2 is 1.48 bits per heavy atom. The quantitative estimate of drug-likeness (QED) is 0.746. The first-order chi connectivity index (χ1) is 13.0. The average molecular weight is 374 g/mol. The van der Waals surface area contributed by atoms with Gasteiger partial charge in [0.1, 0.15) is 6.04 Å². The number of carbonyl (C=O) groups excluding carboxylic acids is 2. The molecular formula is C22H35N3O2. The average Bonchev–Trinajstić information content (AvgIpc) is 3.01. The molecule has 1 unspecified atom stereocenters. The van der Waals surface area contributed by atoms with Crippen molar-refractivity contribution in [2.75, 3.05) is 39.8 Å². The third-order valence-corrected chi connectivity index (χ3v) is 8.32. The van der Waals surface area contributed by atoms with Crippen molar-refractivity contribution in [2.45, 2.75) is 63.8 Å². The van der Waals surface area contributed by atoms with Crippen LogP contribution in [-0.2, 0) is 9.59 Å². The van der Waals surface area contributed by atoms with E-state index in [0.29, 0.717) is 5.91 Å². The minimum atomic E-state index is -0.186. The summed E-state index contributed by atoms with van der Waals surface area (Å²) in [5.74, 6) is 2.90. The fourth-order valence-corrected chi connectivity index (χ4v) is 7.42. The van der Waals surface area contributed by atoms with Gasteiger partial charge in [0.2, 0.25) is 11.8 Å². The number of hydrogen-bond acceptors (Lipinski definition) is 3. The maximum absolute atomic E-state index is 13.8. The lowest BCUT2D eigenvalue weighted by molar-refractivity contribution is -0.162. The van der Waals surface area contributed by atoms with Gasteiger partial charge in [-0.15, -0.1) is 0 Å². The fraction of sp³-hybridized carbons (Fsp3) is 0.909. The van der Waals surface area contributed by atoms with Crippen LogP contribution in [0.3, 0.4) is 0 Å². The number of rotatable bonds is 2. The summed E-state index contributed by atoms with van der Waals surface area (Å²) in [7, 11) is 2.13. The van der Waals surface area contributed by atoms with Crippen LogP contribution in [0.25, 0.3) is 0 Å². The van der Waals surface area contributed by atoms with Crippen molar-refractivity contribution < 1.29 is 9.59 Å².